The van der Waals surface area contributed by atoms with Gasteiger partial charge in [-0.25, -0.2) is 0 Å². The first-order valence-electron chi connectivity index (χ1n) is 6.04. The van der Waals surface area contributed by atoms with Crippen molar-refractivity contribution >= 4 is 33.8 Å². The molecule has 1 aromatic heterocycles. The quantitative estimate of drug-likeness (QED) is 0.807. The van der Waals surface area contributed by atoms with E-state index in [2.05, 4.69) is 16.7 Å². The van der Waals surface area contributed by atoms with Crippen LogP contribution in [0.25, 0.3) is 0 Å². The van der Waals surface area contributed by atoms with Crippen molar-refractivity contribution < 1.29 is 9.59 Å². The zero-order valence-electron chi connectivity index (χ0n) is 10.3. The van der Waals surface area contributed by atoms with Crippen molar-refractivity contribution in [2.75, 3.05) is 24.2 Å². The number of amides is 2. The molecule has 1 aromatic rings. The Morgan fingerprint density at radius 2 is 2.32 bits per heavy atom. The van der Waals surface area contributed by atoms with Gasteiger partial charge < -0.3 is 15.5 Å². The summed E-state index contributed by atoms with van der Waals surface area (Å²) in [6.07, 6.45) is 1.53. The number of hydrogen-bond acceptors (Lipinski definition) is 5. The second-order valence-electron chi connectivity index (χ2n) is 4.52. The number of nitrogens with zero attached hydrogens (tertiary/aromatic N) is 2. The van der Waals surface area contributed by atoms with E-state index in [-0.39, 0.29) is 11.8 Å². The molecule has 2 amide bonds. The van der Waals surface area contributed by atoms with Crippen molar-refractivity contribution in [3.8, 4) is 6.07 Å². The van der Waals surface area contributed by atoms with Crippen LogP contribution in [0.1, 0.15) is 28.1 Å². The van der Waals surface area contributed by atoms with E-state index < -0.39 is 6.04 Å². The van der Waals surface area contributed by atoms with Gasteiger partial charge in [-0.05, 0) is 12.8 Å². The van der Waals surface area contributed by atoms with Gasteiger partial charge in [0.25, 0.3) is 5.91 Å². The lowest BCUT2D eigenvalue weighted by Gasteiger charge is -2.19. The van der Waals surface area contributed by atoms with Gasteiger partial charge in [0.05, 0.1) is 5.69 Å². The van der Waals surface area contributed by atoms with Crippen LogP contribution >= 0.6 is 11.3 Å². The third-order valence-electron chi connectivity index (χ3n) is 3.51. The molecule has 0 aliphatic carbocycles. The van der Waals surface area contributed by atoms with Crippen LogP contribution in [0.15, 0.2) is 0 Å². The number of carbonyl (C=O) groups excluding carboxylic acids is 2. The summed E-state index contributed by atoms with van der Waals surface area (Å²) in [5.74, 6) is -0.347. The average Bonchev–Trinajstić information content (AvgIpc) is 2.99. The number of nitriles is 1. The summed E-state index contributed by atoms with van der Waals surface area (Å²) < 4.78 is 0. The van der Waals surface area contributed by atoms with Crippen molar-refractivity contribution in [2.24, 2.45) is 0 Å². The number of rotatable bonds is 1. The SMILES string of the molecule is CNc1sc2c(c1C#N)NC(=O)[C@H]1CCCN1C2=O. The molecule has 0 spiro atoms. The second kappa shape index (κ2) is 4.24. The largest absolute Gasteiger partial charge is 0.379 e. The van der Waals surface area contributed by atoms with Crippen LogP contribution in [0.5, 0.6) is 0 Å². The molecular formula is C12H12N4O2S. The van der Waals surface area contributed by atoms with E-state index in [0.717, 1.165) is 6.42 Å². The Morgan fingerprint density at radius 3 is 3.00 bits per heavy atom. The van der Waals surface area contributed by atoms with Crippen LogP contribution in [0.2, 0.25) is 0 Å². The molecular weight excluding hydrogens is 264 g/mol. The Balaban J connectivity index is 2.16. The third kappa shape index (κ3) is 1.60. The Bertz CT molecular complexity index is 616. The van der Waals surface area contributed by atoms with E-state index in [1.54, 1.807) is 11.9 Å². The number of anilines is 2. The van der Waals surface area contributed by atoms with Crippen molar-refractivity contribution in [3.63, 3.8) is 0 Å². The summed E-state index contributed by atoms with van der Waals surface area (Å²) in [4.78, 5) is 26.7. The van der Waals surface area contributed by atoms with Gasteiger partial charge in [0.15, 0.2) is 0 Å². The van der Waals surface area contributed by atoms with Gasteiger partial charge in [-0.1, -0.05) is 0 Å². The van der Waals surface area contributed by atoms with Crippen molar-refractivity contribution in [1.29, 1.82) is 5.26 Å². The van der Waals surface area contributed by atoms with E-state index in [4.69, 9.17) is 0 Å². The fourth-order valence-electron chi connectivity index (χ4n) is 2.60. The predicted molar refractivity (Wildman–Crippen MR) is 71.3 cm³/mol. The van der Waals surface area contributed by atoms with E-state index in [1.165, 1.54) is 11.3 Å². The molecule has 2 aliphatic heterocycles. The zero-order chi connectivity index (χ0) is 13.6. The minimum atomic E-state index is -0.392. The average molecular weight is 276 g/mol. The number of nitrogens with one attached hydrogen (secondary N) is 2. The highest BCUT2D eigenvalue weighted by Gasteiger charge is 2.40. The first kappa shape index (κ1) is 12.0. The van der Waals surface area contributed by atoms with E-state index in [0.29, 0.717) is 34.1 Å². The maximum absolute atomic E-state index is 12.5. The molecule has 1 atom stereocenters. The molecule has 0 saturated carbocycles. The molecule has 0 aromatic carbocycles. The van der Waals surface area contributed by atoms with Gasteiger partial charge in [0, 0.05) is 13.6 Å². The maximum atomic E-state index is 12.5. The molecule has 3 heterocycles. The highest BCUT2D eigenvalue weighted by molar-refractivity contribution is 7.19. The van der Waals surface area contributed by atoms with Crippen LogP contribution in [-0.4, -0.2) is 36.3 Å². The summed E-state index contributed by atoms with van der Waals surface area (Å²) in [6.45, 7) is 0.602. The molecule has 0 radical (unpaired) electrons. The molecule has 2 N–H and O–H groups in total. The maximum Gasteiger partial charge on any atom is 0.266 e. The number of hydrogen-bond donors (Lipinski definition) is 2. The van der Waals surface area contributed by atoms with Crippen LogP contribution in [0.4, 0.5) is 10.7 Å². The van der Waals surface area contributed by atoms with Crippen LogP contribution in [0.3, 0.4) is 0 Å². The van der Waals surface area contributed by atoms with Gasteiger partial charge in [-0.15, -0.1) is 11.3 Å². The summed E-state index contributed by atoms with van der Waals surface area (Å²) in [5.41, 5.74) is 0.701. The van der Waals surface area contributed by atoms with Crippen molar-refractivity contribution in [1.82, 2.24) is 4.90 Å². The minimum absolute atomic E-state index is 0.154. The van der Waals surface area contributed by atoms with Gasteiger partial charge in [-0.3, -0.25) is 9.59 Å². The summed E-state index contributed by atoms with van der Waals surface area (Å²) >= 11 is 1.22. The molecule has 1 saturated heterocycles. The first-order valence-corrected chi connectivity index (χ1v) is 6.85. The standard InChI is InChI=1S/C12H12N4O2S/c1-14-11-6(5-13)8-9(19-11)12(18)16-4-2-3-7(16)10(17)15-8/h7,14H,2-4H2,1H3,(H,15,17)/t7-/m1/s1. The normalized spacial score (nSPS) is 21.3. The monoisotopic (exact) mass is 276 g/mol. The lowest BCUT2D eigenvalue weighted by molar-refractivity contribution is -0.119. The minimum Gasteiger partial charge on any atom is -0.379 e. The van der Waals surface area contributed by atoms with E-state index in [9.17, 15) is 14.9 Å². The van der Waals surface area contributed by atoms with E-state index in [1.807, 2.05) is 0 Å². The van der Waals surface area contributed by atoms with Gasteiger partial charge in [0.1, 0.15) is 27.6 Å². The Kier molecular flexibility index (Phi) is 2.68. The Hall–Kier alpha value is -2.07. The Morgan fingerprint density at radius 1 is 1.53 bits per heavy atom. The smallest absolute Gasteiger partial charge is 0.266 e. The van der Waals surface area contributed by atoms with Crippen molar-refractivity contribution in [3.05, 3.63) is 10.4 Å². The topological polar surface area (TPSA) is 85.2 Å². The summed E-state index contributed by atoms with van der Waals surface area (Å²) in [5, 5.41) is 15.5. The molecule has 0 unspecified atom stereocenters. The lowest BCUT2D eigenvalue weighted by Crippen LogP contribution is -2.40. The van der Waals surface area contributed by atoms with Crippen LogP contribution in [0, 0.1) is 11.3 Å². The first-order chi connectivity index (χ1) is 9.17. The molecule has 19 heavy (non-hydrogen) atoms. The second-order valence-corrected chi connectivity index (χ2v) is 5.54. The molecule has 2 aliphatic rings. The van der Waals surface area contributed by atoms with Crippen LogP contribution in [-0.2, 0) is 4.79 Å². The van der Waals surface area contributed by atoms with Crippen molar-refractivity contribution in [2.45, 2.75) is 18.9 Å². The molecule has 1 fully saturated rings. The molecule has 98 valence electrons. The van der Waals surface area contributed by atoms with Gasteiger partial charge in [0.2, 0.25) is 5.91 Å². The highest BCUT2D eigenvalue weighted by Crippen LogP contribution is 2.40. The summed E-state index contributed by atoms with van der Waals surface area (Å²) in [6, 6.07) is 1.66. The predicted octanol–water partition coefficient (Wildman–Crippen LogP) is 1.22. The molecule has 0 bridgehead atoms. The number of thiophene rings is 1. The fraction of sp³-hybridized carbons (Fsp3) is 0.417. The lowest BCUT2D eigenvalue weighted by atomic mass is 10.2. The molecule has 6 nitrogen and oxygen atoms in total. The molecule has 3 rings (SSSR count). The fourth-order valence-corrected chi connectivity index (χ4v) is 3.62. The highest BCUT2D eigenvalue weighted by atomic mass is 32.1. The molecule has 7 heteroatoms. The zero-order valence-corrected chi connectivity index (χ0v) is 11.1. The number of carbonyl (C=O) groups is 2. The van der Waals surface area contributed by atoms with Crippen LogP contribution < -0.4 is 10.6 Å². The van der Waals surface area contributed by atoms with Gasteiger partial charge in [-0.2, -0.15) is 5.26 Å². The number of fused-ring (bicyclic) bond motifs is 2. The van der Waals surface area contributed by atoms with E-state index >= 15 is 0 Å². The summed E-state index contributed by atoms with van der Waals surface area (Å²) in [7, 11) is 1.69. The van der Waals surface area contributed by atoms with Gasteiger partial charge >= 0.3 is 0 Å². The third-order valence-corrected chi connectivity index (χ3v) is 4.70. The Labute approximate surface area is 114 Å².